The molecule has 0 saturated heterocycles. The van der Waals surface area contributed by atoms with E-state index in [9.17, 15) is 9.59 Å². The fourth-order valence-corrected chi connectivity index (χ4v) is 2.73. The van der Waals surface area contributed by atoms with E-state index < -0.39 is 5.91 Å². The van der Waals surface area contributed by atoms with Gasteiger partial charge in [0, 0.05) is 18.8 Å². The first-order valence-electron chi connectivity index (χ1n) is 7.96. The summed E-state index contributed by atoms with van der Waals surface area (Å²) < 4.78 is 6.76. The first-order chi connectivity index (χ1) is 11.7. The molecule has 0 saturated carbocycles. The molecule has 0 aromatic carbocycles. The maximum atomic E-state index is 12.7. The molecule has 3 aromatic rings. The minimum Gasteiger partial charge on any atom is -0.442 e. The molecule has 1 amide bonds. The van der Waals surface area contributed by atoms with Gasteiger partial charge in [-0.15, -0.1) is 0 Å². The van der Waals surface area contributed by atoms with Crippen molar-refractivity contribution >= 4 is 22.8 Å². The monoisotopic (exact) mass is 343 g/mol. The molecule has 3 aromatic heterocycles. The lowest BCUT2D eigenvalue weighted by molar-refractivity contribution is 0.102. The molecule has 0 aliphatic rings. The van der Waals surface area contributed by atoms with Crippen molar-refractivity contribution in [2.24, 2.45) is 12.5 Å². The van der Waals surface area contributed by atoms with Crippen LogP contribution in [0.5, 0.6) is 0 Å². The average molecular weight is 343 g/mol. The maximum absolute atomic E-state index is 12.7. The normalized spacial score (nSPS) is 11.9. The van der Waals surface area contributed by atoms with Gasteiger partial charge >= 0.3 is 0 Å². The van der Waals surface area contributed by atoms with Gasteiger partial charge < -0.3 is 14.3 Å². The van der Waals surface area contributed by atoms with Gasteiger partial charge in [0.15, 0.2) is 5.82 Å². The Hall–Kier alpha value is -2.90. The highest BCUT2D eigenvalue weighted by atomic mass is 16.3. The van der Waals surface area contributed by atoms with Crippen LogP contribution < -0.4 is 10.9 Å². The third-order valence-corrected chi connectivity index (χ3v) is 3.77. The second kappa shape index (κ2) is 5.87. The number of nitrogens with one attached hydrogen (secondary N) is 2. The standard InChI is InChI=1S/C17H21N5O3/c1-9-12(13-15(25-9)18-8-22(5)16(13)24)14(23)19-11-6-10(20-21-11)7-17(2,3)4/h6,8H,7H2,1-5H3,(H2,19,20,21,23). The molecule has 8 heteroatoms. The topological polar surface area (TPSA) is 106 Å². The van der Waals surface area contributed by atoms with E-state index in [0.29, 0.717) is 11.6 Å². The van der Waals surface area contributed by atoms with Crippen LogP contribution in [0.1, 0.15) is 42.6 Å². The van der Waals surface area contributed by atoms with Gasteiger partial charge in [-0.2, -0.15) is 5.10 Å². The van der Waals surface area contributed by atoms with Crippen molar-refractivity contribution in [1.29, 1.82) is 0 Å². The molecule has 0 bridgehead atoms. The molecule has 0 radical (unpaired) electrons. The molecule has 3 heterocycles. The molecular weight excluding hydrogens is 322 g/mol. The van der Waals surface area contributed by atoms with E-state index in [1.807, 2.05) is 0 Å². The molecule has 25 heavy (non-hydrogen) atoms. The fourth-order valence-electron chi connectivity index (χ4n) is 2.73. The van der Waals surface area contributed by atoms with Crippen LogP contribution in [0.15, 0.2) is 21.6 Å². The summed E-state index contributed by atoms with van der Waals surface area (Å²) in [6.07, 6.45) is 2.16. The second-order valence-electron chi connectivity index (χ2n) is 7.34. The van der Waals surface area contributed by atoms with Gasteiger partial charge in [0.25, 0.3) is 11.5 Å². The molecule has 0 fully saturated rings. The first-order valence-corrected chi connectivity index (χ1v) is 7.96. The highest BCUT2D eigenvalue weighted by Gasteiger charge is 2.23. The van der Waals surface area contributed by atoms with Crippen LogP contribution in [0, 0.1) is 12.3 Å². The van der Waals surface area contributed by atoms with Crippen LogP contribution >= 0.6 is 0 Å². The predicted molar refractivity (Wildman–Crippen MR) is 93.7 cm³/mol. The lowest BCUT2D eigenvalue weighted by atomic mass is 9.91. The zero-order chi connectivity index (χ0) is 18.4. The Morgan fingerprint density at radius 1 is 1.40 bits per heavy atom. The van der Waals surface area contributed by atoms with Crippen molar-refractivity contribution < 1.29 is 9.21 Å². The Morgan fingerprint density at radius 3 is 2.80 bits per heavy atom. The Morgan fingerprint density at radius 2 is 2.12 bits per heavy atom. The predicted octanol–water partition coefficient (Wildman–Crippen LogP) is 2.40. The number of H-pyrrole nitrogens is 1. The molecule has 2 N–H and O–H groups in total. The number of carbonyl (C=O) groups is 1. The summed E-state index contributed by atoms with van der Waals surface area (Å²) in [4.78, 5) is 29.1. The number of anilines is 1. The van der Waals surface area contributed by atoms with Crippen LogP contribution in [0.4, 0.5) is 5.82 Å². The third-order valence-electron chi connectivity index (χ3n) is 3.77. The number of aromatic nitrogens is 4. The Labute approximate surface area is 144 Å². The van der Waals surface area contributed by atoms with E-state index in [1.165, 1.54) is 10.9 Å². The van der Waals surface area contributed by atoms with E-state index in [4.69, 9.17) is 4.42 Å². The lowest BCUT2D eigenvalue weighted by Crippen LogP contribution is -2.20. The molecule has 0 spiro atoms. The molecule has 3 rings (SSSR count). The third kappa shape index (κ3) is 3.33. The Balaban J connectivity index is 1.92. The highest BCUT2D eigenvalue weighted by Crippen LogP contribution is 2.23. The summed E-state index contributed by atoms with van der Waals surface area (Å²) in [6, 6.07) is 1.79. The zero-order valence-electron chi connectivity index (χ0n) is 14.9. The van der Waals surface area contributed by atoms with Crippen LogP contribution in [0.2, 0.25) is 0 Å². The summed E-state index contributed by atoms with van der Waals surface area (Å²) in [7, 11) is 1.57. The van der Waals surface area contributed by atoms with E-state index in [0.717, 1.165) is 12.1 Å². The van der Waals surface area contributed by atoms with E-state index in [2.05, 4.69) is 41.3 Å². The smallest absolute Gasteiger partial charge is 0.265 e. The van der Waals surface area contributed by atoms with Crippen molar-refractivity contribution in [3.05, 3.63) is 39.8 Å². The van der Waals surface area contributed by atoms with Crippen LogP contribution in [0.3, 0.4) is 0 Å². The van der Waals surface area contributed by atoms with Crippen molar-refractivity contribution in [1.82, 2.24) is 19.7 Å². The SMILES string of the molecule is Cc1oc2ncn(C)c(=O)c2c1C(=O)Nc1cc(CC(C)(C)C)[nH]n1. The van der Waals surface area contributed by atoms with E-state index in [-0.39, 0.29) is 27.6 Å². The number of carbonyl (C=O) groups excluding carboxylic acids is 1. The van der Waals surface area contributed by atoms with E-state index >= 15 is 0 Å². The number of aromatic amines is 1. The van der Waals surface area contributed by atoms with Gasteiger partial charge in [0.05, 0.1) is 5.56 Å². The van der Waals surface area contributed by atoms with Crippen molar-refractivity contribution in [2.75, 3.05) is 5.32 Å². The summed E-state index contributed by atoms with van der Waals surface area (Å²) in [5.41, 5.74) is 1.03. The molecule has 8 nitrogen and oxygen atoms in total. The average Bonchev–Trinajstić information content (AvgIpc) is 3.05. The van der Waals surface area contributed by atoms with Crippen molar-refractivity contribution in [3.8, 4) is 0 Å². The van der Waals surface area contributed by atoms with Gasteiger partial charge in [0.1, 0.15) is 17.5 Å². The number of fused-ring (bicyclic) bond motifs is 1. The number of aryl methyl sites for hydroxylation is 2. The van der Waals surface area contributed by atoms with Gasteiger partial charge in [-0.25, -0.2) is 4.98 Å². The Kier molecular flexibility index (Phi) is 3.98. The van der Waals surface area contributed by atoms with Gasteiger partial charge in [-0.05, 0) is 18.8 Å². The van der Waals surface area contributed by atoms with Crippen LogP contribution in [0.25, 0.3) is 11.1 Å². The molecule has 132 valence electrons. The Bertz CT molecular complexity index is 1000. The number of rotatable bonds is 3. The van der Waals surface area contributed by atoms with Crippen LogP contribution in [-0.4, -0.2) is 25.7 Å². The zero-order valence-corrected chi connectivity index (χ0v) is 14.9. The molecule has 0 aliphatic heterocycles. The van der Waals surface area contributed by atoms with Gasteiger partial charge in [0.2, 0.25) is 5.71 Å². The second-order valence-corrected chi connectivity index (χ2v) is 7.34. The fraction of sp³-hybridized carbons (Fsp3) is 0.412. The minimum absolute atomic E-state index is 0.100. The number of furan rings is 1. The summed E-state index contributed by atoms with van der Waals surface area (Å²) in [6.45, 7) is 7.99. The van der Waals surface area contributed by atoms with Crippen molar-refractivity contribution in [2.45, 2.75) is 34.1 Å². The molecule has 0 atom stereocenters. The summed E-state index contributed by atoms with van der Waals surface area (Å²) >= 11 is 0. The lowest BCUT2D eigenvalue weighted by Gasteiger charge is -2.15. The van der Waals surface area contributed by atoms with Gasteiger partial charge in [-0.1, -0.05) is 20.8 Å². The number of hydrogen-bond acceptors (Lipinski definition) is 5. The van der Waals surface area contributed by atoms with Crippen molar-refractivity contribution in [3.63, 3.8) is 0 Å². The highest BCUT2D eigenvalue weighted by molar-refractivity contribution is 6.12. The van der Waals surface area contributed by atoms with E-state index in [1.54, 1.807) is 20.0 Å². The molecule has 0 unspecified atom stereocenters. The number of nitrogens with zero attached hydrogens (tertiary/aromatic N) is 3. The molecular formula is C17H21N5O3. The maximum Gasteiger partial charge on any atom is 0.265 e. The molecule has 0 aliphatic carbocycles. The van der Waals surface area contributed by atoms with Gasteiger partial charge in [-0.3, -0.25) is 14.7 Å². The summed E-state index contributed by atoms with van der Waals surface area (Å²) in [5.74, 6) is 0.294. The largest absolute Gasteiger partial charge is 0.442 e. The number of amides is 1. The minimum atomic E-state index is -0.449. The number of hydrogen-bond donors (Lipinski definition) is 2. The van der Waals surface area contributed by atoms with Crippen LogP contribution in [-0.2, 0) is 13.5 Å². The first kappa shape index (κ1) is 16.9. The summed E-state index contributed by atoms with van der Waals surface area (Å²) in [5, 5.41) is 9.92. The quantitative estimate of drug-likeness (QED) is 0.759.